The summed E-state index contributed by atoms with van der Waals surface area (Å²) in [6.45, 7) is 22.9. The average molecular weight is 634 g/mol. The molecule has 2 rings (SSSR count). The molecule has 1 aromatic heterocycles. The van der Waals surface area contributed by atoms with Gasteiger partial charge >= 0.3 is 17.6 Å². The zero-order chi connectivity index (χ0) is 32.7. The van der Waals surface area contributed by atoms with Gasteiger partial charge in [0.15, 0.2) is 16.6 Å². The third kappa shape index (κ3) is 8.55. The van der Waals surface area contributed by atoms with Crippen LogP contribution in [0.25, 0.3) is 0 Å². The van der Waals surface area contributed by atoms with Crippen LogP contribution in [-0.4, -0.2) is 67.9 Å². The van der Waals surface area contributed by atoms with Crippen LogP contribution in [0.1, 0.15) is 74.5 Å². The van der Waals surface area contributed by atoms with Gasteiger partial charge in [0.05, 0.1) is 13.0 Å². The molecule has 1 aliphatic heterocycles. The first-order valence-electron chi connectivity index (χ1n) is 14.2. The van der Waals surface area contributed by atoms with Crippen LogP contribution in [0, 0.1) is 5.41 Å². The van der Waals surface area contributed by atoms with Crippen molar-refractivity contribution in [2.24, 2.45) is 5.41 Å². The molecule has 0 aliphatic carbocycles. The number of hydrogen-bond acceptors (Lipinski definition) is 7. The second kappa shape index (κ2) is 12.2. The summed E-state index contributed by atoms with van der Waals surface area (Å²) in [5, 5.41) is 11.0. The summed E-state index contributed by atoms with van der Waals surface area (Å²) < 4.78 is 51.5. The predicted molar refractivity (Wildman–Crippen MR) is 162 cm³/mol. The molecule has 0 unspecified atom stereocenters. The van der Waals surface area contributed by atoms with E-state index in [0.717, 1.165) is 6.20 Å². The lowest BCUT2D eigenvalue weighted by atomic mass is 9.85. The van der Waals surface area contributed by atoms with Crippen molar-refractivity contribution in [1.82, 2.24) is 9.55 Å². The number of carbonyl (C=O) groups is 2. The first-order valence-corrected chi connectivity index (χ1v) is 20.0. The number of nitrogens with zero attached hydrogens (tertiary/aromatic N) is 2. The predicted octanol–water partition coefficient (Wildman–Crippen LogP) is 6.02. The highest BCUT2D eigenvalue weighted by Crippen LogP contribution is 2.48. The maximum absolute atomic E-state index is 16.2. The van der Waals surface area contributed by atoms with Gasteiger partial charge in [-0.3, -0.25) is 14.2 Å². The van der Waals surface area contributed by atoms with Crippen molar-refractivity contribution in [2.45, 2.75) is 129 Å². The molecule has 3 atom stereocenters. The largest absolute Gasteiger partial charge is 0.481 e. The molecule has 1 saturated heterocycles. The number of anilines is 1. The van der Waals surface area contributed by atoms with Gasteiger partial charge in [-0.2, -0.15) is 13.8 Å². The van der Waals surface area contributed by atoms with E-state index in [0.29, 0.717) is 4.57 Å². The molecule has 1 aliphatic rings. The van der Waals surface area contributed by atoms with Crippen LogP contribution in [0.5, 0.6) is 0 Å². The number of alkyl halides is 2. The lowest BCUT2D eigenvalue weighted by molar-refractivity contribution is -0.139. The van der Waals surface area contributed by atoms with Gasteiger partial charge in [0.2, 0.25) is 12.1 Å². The lowest BCUT2D eigenvalue weighted by Gasteiger charge is -2.41. The van der Waals surface area contributed by atoms with Crippen molar-refractivity contribution in [1.29, 1.82) is 0 Å². The van der Waals surface area contributed by atoms with E-state index in [2.05, 4.69) is 31.1 Å². The van der Waals surface area contributed by atoms with E-state index in [-0.39, 0.29) is 35.3 Å². The number of ether oxygens (including phenoxy) is 1. The smallest absolute Gasteiger partial charge is 0.351 e. The van der Waals surface area contributed by atoms with Crippen molar-refractivity contribution < 1.29 is 37.1 Å². The molecule has 0 bridgehead atoms. The number of carboxylic acid groups (broad SMARTS) is 1. The van der Waals surface area contributed by atoms with Crippen LogP contribution in [-0.2, 0) is 23.2 Å². The van der Waals surface area contributed by atoms with Crippen LogP contribution in [0.15, 0.2) is 17.1 Å². The molecule has 42 heavy (non-hydrogen) atoms. The fraction of sp³-hybridized carbons (Fsp3) is 0.786. The average Bonchev–Trinajstić information content (AvgIpc) is 2.99. The van der Waals surface area contributed by atoms with Gasteiger partial charge in [0, 0.05) is 12.6 Å². The highest BCUT2D eigenvalue weighted by molar-refractivity contribution is 6.74. The van der Waals surface area contributed by atoms with Crippen molar-refractivity contribution in [3.8, 4) is 0 Å². The van der Waals surface area contributed by atoms with Crippen LogP contribution < -0.4 is 11.0 Å². The number of aliphatic carboxylic acids is 1. The molecule has 1 fully saturated rings. The van der Waals surface area contributed by atoms with Crippen molar-refractivity contribution in [2.75, 3.05) is 11.9 Å². The summed E-state index contributed by atoms with van der Waals surface area (Å²) >= 11 is 0. The fourth-order valence-electron chi connectivity index (χ4n) is 4.00. The Balaban J connectivity index is 2.38. The third-order valence-electron chi connectivity index (χ3n) is 8.61. The molecule has 0 saturated carbocycles. The van der Waals surface area contributed by atoms with E-state index >= 15 is 8.78 Å². The number of nitrogens with one attached hydrogen (secondary N) is 1. The molecule has 2 N–H and O–H groups in total. The molecule has 10 nitrogen and oxygen atoms in total. The minimum Gasteiger partial charge on any atom is -0.481 e. The zero-order valence-electron chi connectivity index (χ0n) is 27.1. The molecular formula is C28H49F2N3O7Si2. The van der Waals surface area contributed by atoms with Crippen molar-refractivity contribution in [3.05, 3.63) is 22.7 Å². The maximum atomic E-state index is 16.2. The quantitative estimate of drug-likeness (QED) is 0.283. The number of halogens is 2. The zero-order valence-corrected chi connectivity index (χ0v) is 29.1. The Morgan fingerprint density at radius 2 is 1.60 bits per heavy atom. The Morgan fingerprint density at radius 3 is 2.07 bits per heavy atom. The summed E-state index contributed by atoms with van der Waals surface area (Å²) in [5.74, 6) is -5.34. The number of amides is 1. The molecule has 0 radical (unpaired) electrons. The Bertz CT molecular complexity index is 1210. The van der Waals surface area contributed by atoms with Crippen LogP contribution in [0.4, 0.5) is 14.6 Å². The molecule has 14 heteroatoms. The third-order valence-corrected chi connectivity index (χ3v) is 17.6. The fourth-order valence-corrected chi connectivity index (χ4v) is 6.31. The molecule has 2 heterocycles. The summed E-state index contributed by atoms with van der Waals surface area (Å²) in [6, 6.07) is 1.23. The number of hydrogen-bond donors (Lipinski definition) is 2. The van der Waals surface area contributed by atoms with E-state index in [1.54, 1.807) is 13.8 Å². The van der Waals surface area contributed by atoms with Crippen molar-refractivity contribution >= 4 is 34.3 Å². The minimum absolute atomic E-state index is 0.121. The first kappa shape index (κ1) is 36.2. The Labute approximate surface area is 249 Å². The highest BCUT2D eigenvalue weighted by atomic mass is 28.4. The van der Waals surface area contributed by atoms with Gasteiger partial charge in [-0.05, 0) is 47.7 Å². The standard InChI is InChI=1S/C28H49F2N3O7Si2/c1-25(2,3)41(9,10)38-17-18-22(40-42(11,12)26(4,5)6)28(29,30)23(39-18)33-14-13-19(32-24(33)37)31-20(34)15-27(7,8)16-21(35)36/h13-14,18,22-23H,15-17H2,1-12H3,(H,35,36)(H,31,32,34,37)/t18-,22-,23-/m1/s1. The number of carbonyl (C=O) groups excluding carboxylic acids is 1. The van der Waals surface area contributed by atoms with Gasteiger partial charge in [0.25, 0.3) is 0 Å². The van der Waals surface area contributed by atoms with E-state index in [4.69, 9.17) is 18.7 Å². The normalized spacial score (nSPS) is 21.8. The molecule has 1 amide bonds. The summed E-state index contributed by atoms with van der Waals surface area (Å²) in [7, 11) is -5.03. The Kier molecular flexibility index (Phi) is 10.5. The monoisotopic (exact) mass is 633 g/mol. The Morgan fingerprint density at radius 1 is 1.05 bits per heavy atom. The highest BCUT2D eigenvalue weighted by Gasteiger charge is 2.63. The topological polar surface area (TPSA) is 129 Å². The van der Waals surface area contributed by atoms with E-state index < -0.39 is 64.0 Å². The van der Waals surface area contributed by atoms with Crippen molar-refractivity contribution in [3.63, 3.8) is 0 Å². The van der Waals surface area contributed by atoms with E-state index in [9.17, 15) is 14.4 Å². The maximum Gasteiger partial charge on any atom is 0.351 e. The van der Waals surface area contributed by atoms with Gasteiger partial charge < -0.3 is 24.0 Å². The van der Waals surface area contributed by atoms with Gasteiger partial charge in [-0.1, -0.05) is 55.4 Å². The van der Waals surface area contributed by atoms with E-state index in [1.807, 2.05) is 47.0 Å². The Hall–Kier alpha value is -2.01. The number of rotatable bonds is 11. The lowest BCUT2D eigenvalue weighted by Crippen LogP contribution is -2.53. The van der Waals surface area contributed by atoms with Crippen LogP contribution in [0.3, 0.4) is 0 Å². The van der Waals surface area contributed by atoms with Gasteiger partial charge in [-0.25, -0.2) is 4.79 Å². The summed E-state index contributed by atoms with van der Waals surface area (Å²) in [5.41, 5.74) is -1.88. The van der Waals surface area contributed by atoms with Crippen LogP contribution in [0.2, 0.25) is 36.3 Å². The molecule has 240 valence electrons. The number of carboxylic acids is 1. The molecular weight excluding hydrogens is 584 g/mol. The molecule has 0 aromatic carbocycles. The van der Waals surface area contributed by atoms with Crippen LogP contribution >= 0.6 is 0 Å². The first-order chi connectivity index (χ1) is 18.7. The minimum atomic E-state index is -3.60. The summed E-state index contributed by atoms with van der Waals surface area (Å²) in [6.07, 6.45) is -4.07. The van der Waals surface area contributed by atoms with E-state index in [1.165, 1.54) is 6.07 Å². The van der Waals surface area contributed by atoms with Gasteiger partial charge in [0.1, 0.15) is 18.0 Å². The second-order valence-corrected chi connectivity index (χ2v) is 24.6. The second-order valence-electron chi connectivity index (χ2n) is 15.0. The van der Waals surface area contributed by atoms with Gasteiger partial charge in [-0.15, -0.1) is 0 Å². The summed E-state index contributed by atoms with van der Waals surface area (Å²) in [4.78, 5) is 40.3. The molecule has 0 spiro atoms. The number of aromatic nitrogens is 2. The molecule has 1 aromatic rings. The SMILES string of the molecule is CC(C)(CC(=O)O)CC(=O)Nc1ccn([C@@H]2O[C@H](CO[Si](C)(C)C(C)(C)C)[C@@H](O[Si](C)(C)C(C)(C)C)C2(F)F)c(=O)n1.